The maximum Gasteiger partial charge on any atom is 0.277 e. The van der Waals surface area contributed by atoms with E-state index in [9.17, 15) is 9.59 Å². The van der Waals surface area contributed by atoms with Crippen LogP contribution in [0.1, 0.15) is 17.8 Å². The molecule has 0 bridgehead atoms. The van der Waals surface area contributed by atoms with Crippen molar-refractivity contribution in [3.8, 4) is 0 Å². The number of thioether (sulfide) groups is 1. The third-order valence-electron chi connectivity index (χ3n) is 4.15. The van der Waals surface area contributed by atoms with Gasteiger partial charge in [0.05, 0.1) is 21.0 Å². The zero-order valence-electron chi connectivity index (χ0n) is 16.6. The van der Waals surface area contributed by atoms with Crippen molar-refractivity contribution in [2.45, 2.75) is 25.0 Å². The number of carbonyl (C=O) groups excluding carboxylic acids is 2. The average Bonchev–Trinajstić information content (AvgIpc) is 3.38. The van der Waals surface area contributed by atoms with E-state index in [4.69, 9.17) is 4.42 Å². The van der Waals surface area contributed by atoms with Gasteiger partial charge in [0.2, 0.25) is 17.7 Å². The summed E-state index contributed by atoms with van der Waals surface area (Å²) < 4.78 is 6.79. The fraction of sp³-hybridized carbons (Fsp3) is 0.190. The van der Waals surface area contributed by atoms with Gasteiger partial charge in [0.1, 0.15) is 0 Å². The lowest BCUT2D eigenvalue weighted by molar-refractivity contribution is -0.114. The lowest BCUT2D eigenvalue weighted by atomic mass is 10.3. The van der Waals surface area contributed by atoms with Gasteiger partial charge >= 0.3 is 0 Å². The summed E-state index contributed by atoms with van der Waals surface area (Å²) in [5, 5.41) is 14.9. The van der Waals surface area contributed by atoms with Crippen molar-refractivity contribution in [3.63, 3.8) is 0 Å². The average molecular weight is 454 g/mol. The quantitative estimate of drug-likeness (QED) is 0.386. The van der Waals surface area contributed by atoms with Gasteiger partial charge < -0.3 is 15.1 Å². The summed E-state index contributed by atoms with van der Waals surface area (Å²) in [6.45, 7) is 1.44. The number of rotatable bonds is 8. The molecule has 0 atom stereocenters. The van der Waals surface area contributed by atoms with Gasteiger partial charge in [-0.3, -0.25) is 9.59 Å². The van der Waals surface area contributed by atoms with E-state index in [-0.39, 0.29) is 17.6 Å². The van der Waals surface area contributed by atoms with Crippen LogP contribution in [0.25, 0.3) is 10.2 Å². The molecular weight excluding hydrogens is 434 g/mol. The van der Waals surface area contributed by atoms with Crippen molar-refractivity contribution in [3.05, 3.63) is 59.4 Å². The van der Waals surface area contributed by atoms with Gasteiger partial charge in [0, 0.05) is 31.1 Å². The number of anilines is 2. The number of hydrogen-bond donors (Lipinski definition) is 2. The Kier molecular flexibility index (Phi) is 6.58. The van der Waals surface area contributed by atoms with Crippen LogP contribution in [0, 0.1) is 0 Å². The molecule has 2 aromatic carbocycles. The van der Waals surface area contributed by atoms with Crippen LogP contribution in [-0.2, 0) is 22.4 Å². The molecule has 2 amide bonds. The van der Waals surface area contributed by atoms with Crippen LogP contribution in [0.5, 0.6) is 0 Å². The molecule has 0 fully saturated rings. The van der Waals surface area contributed by atoms with Crippen molar-refractivity contribution in [2.24, 2.45) is 0 Å². The van der Waals surface area contributed by atoms with Crippen molar-refractivity contribution in [2.75, 3.05) is 16.4 Å². The number of hydrogen-bond acceptors (Lipinski definition) is 8. The van der Waals surface area contributed by atoms with E-state index in [0.717, 1.165) is 21.6 Å². The van der Waals surface area contributed by atoms with Gasteiger partial charge in [-0.25, -0.2) is 4.98 Å². The predicted octanol–water partition coefficient (Wildman–Crippen LogP) is 4.15. The lowest BCUT2D eigenvalue weighted by Crippen LogP contribution is -2.14. The van der Waals surface area contributed by atoms with Crippen LogP contribution in [0.15, 0.2) is 58.2 Å². The molecule has 158 valence electrons. The maximum absolute atomic E-state index is 12.2. The minimum absolute atomic E-state index is 0.146. The first-order valence-electron chi connectivity index (χ1n) is 9.52. The lowest BCUT2D eigenvalue weighted by Gasteiger charge is -2.06. The molecule has 0 saturated heterocycles. The van der Waals surface area contributed by atoms with Crippen LogP contribution in [0.4, 0.5) is 11.4 Å². The molecule has 0 radical (unpaired) electrons. The first-order chi connectivity index (χ1) is 15.0. The molecule has 2 N–H and O–H groups in total. The number of carbonyl (C=O) groups is 2. The minimum Gasteiger partial charge on any atom is -0.416 e. The fourth-order valence-electron chi connectivity index (χ4n) is 2.80. The Morgan fingerprint density at radius 3 is 2.48 bits per heavy atom. The number of amides is 2. The fourth-order valence-corrected chi connectivity index (χ4v) is 4.35. The molecule has 0 unspecified atom stereocenters. The summed E-state index contributed by atoms with van der Waals surface area (Å²) >= 11 is 2.85. The number of thiazole rings is 1. The number of aryl methyl sites for hydroxylation is 2. The van der Waals surface area contributed by atoms with E-state index in [1.54, 1.807) is 35.6 Å². The van der Waals surface area contributed by atoms with Gasteiger partial charge in [-0.15, -0.1) is 21.5 Å². The molecule has 31 heavy (non-hydrogen) atoms. The topological polar surface area (TPSA) is 110 Å². The highest BCUT2D eigenvalue weighted by atomic mass is 32.2. The smallest absolute Gasteiger partial charge is 0.277 e. The molecule has 4 aromatic rings. The Balaban J connectivity index is 1.24. The van der Waals surface area contributed by atoms with E-state index in [2.05, 4.69) is 31.9 Å². The highest BCUT2D eigenvalue weighted by molar-refractivity contribution is 7.99. The molecule has 8 nitrogen and oxygen atoms in total. The summed E-state index contributed by atoms with van der Waals surface area (Å²) in [5.74, 6) is 0.335. The standard InChI is InChI=1S/C21H19N5O3S2/c1-13(27)22-14-6-8-15(9-7-14)23-18(28)12-30-21-26-25-19(29-21)10-11-20-24-16-4-2-3-5-17(16)31-20/h2-9H,10-12H2,1H3,(H,22,27)(H,23,28). The number of nitrogens with zero attached hydrogens (tertiary/aromatic N) is 3. The van der Waals surface area contributed by atoms with Gasteiger partial charge in [-0.1, -0.05) is 23.9 Å². The van der Waals surface area contributed by atoms with Crippen molar-refractivity contribution < 1.29 is 14.0 Å². The van der Waals surface area contributed by atoms with E-state index in [1.807, 2.05) is 18.2 Å². The summed E-state index contributed by atoms with van der Waals surface area (Å²) in [6.07, 6.45) is 1.32. The summed E-state index contributed by atoms with van der Waals surface area (Å²) in [7, 11) is 0. The highest BCUT2D eigenvalue weighted by Gasteiger charge is 2.11. The molecule has 4 rings (SSSR count). The molecule has 0 aliphatic carbocycles. The summed E-state index contributed by atoms with van der Waals surface area (Å²) in [4.78, 5) is 27.8. The first-order valence-corrected chi connectivity index (χ1v) is 11.3. The molecule has 2 heterocycles. The monoisotopic (exact) mass is 453 g/mol. The minimum atomic E-state index is -0.188. The van der Waals surface area contributed by atoms with E-state index in [1.165, 1.54) is 18.7 Å². The molecule has 2 aromatic heterocycles. The summed E-state index contributed by atoms with van der Waals surface area (Å²) in [5.41, 5.74) is 2.31. The van der Waals surface area contributed by atoms with E-state index < -0.39 is 0 Å². The molecule has 0 aliphatic heterocycles. The second-order valence-corrected chi connectivity index (χ2v) is 8.67. The zero-order valence-corrected chi connectivity index (χ0v) is 18.3. The largest absolute Gasteiger partial charge is 0.416 e. The van der Waals surface area contributed by atoms with Crippen LogP contribution in [0.3, 0.4) is 0 Å². The van der Waals surface area contributed by atoms with Crippen LogP contribution in [0.2, 0.25) is 0 Å². The summed E-state index contributed by atoms with van der Waals surface area (Å²) in [6, 6.07) is 14.9. The molecular formula is C21H19N5O3S2. The van der Waals surface area contributed by atoms with Crippen molar-refractivity contribution in [1.29, 1.82) is 0 Å². The number of para-hydroxylation sites is 1. The third kappa shape index (κ3) is 5.89. The molecule has 0 spiro atoms. The van der Waals surface area contributed by atoms with Gasteiger partial charge in [-0.2, -0.15) is 0 Å². The number of aromatic nitrogens is 3. The normalized spacial score (nSPS) is 10.9. The van der Waals surface area contributed by atoms with Crippen LogP contribution in [-0.4, -0.2) is 32.7 Å². The SMILES string of the molecule is CC(=O)Nc1ccc(NC(=O)CSc2nnc(CCc3nc4ccccc4s3)o2)cc1. The van der Waals surface area contributed by atoms with Crippen LogP contribution >= 0.6 is 23.1 Å². The van der Waals surface area contributed by atoms with Crippen LogP contribution < -0.4 is 10.6 Å². The van der Waals surface area contributed by atoms with E-state index >= 15 is 0 Å². The van der Waals surface area contributed by atoms with E-state index in [0.29, 0.717) is 28.9 Å². The Hall–Kier alpha value is -3.24. The Bertz CT molecular complexity index is 1170. The van der Waals surface area contributed by atoms with Crippen molar-refractivity contribution >= 4 is 56.5 Å². The second kappa shape index (κ2) is 9.71. The van der Waals surface area contributed by atoms with Gasteiger partial charge in [0.25, 0.3) is 5.22 Å². The Morgan fingerprint density at radius 2 is 1.74 bits per heavy atom. The molecule has 10 heteroatoms. The van der Waals surface area contributed by atoms with Gasteiger partial charge in [0.15, 0.2) is 0 Å². The second-order valence-electron chi connectivity index (χ2n) is 6.63. The highest BCUT2D eigenvalue weighted by Crippen LogP contribution is 2.23. The zero-order chi connectivity index (χ0) is 21.6. The third-order valence-corrected chi connectivity index (χ3v) is 6.07. The maximum atomic E-state index is 12.2. The number of fused-ring (bicyclic) bond motifs is 1. The molecule has 0 aliphatic rings. The number of benzene rings is 2. The van der Waals surface area contributed by atoms with Crippen molar-refractivity contribution in [1.82, 2.24) is 15.2 Å². The Morgan fingerprint density at radius 1 is 1.00 bits per heavy atom. The number of nitrogens with one attached hydrogen (secondary N) is 2. The van der Waals surface area contributed by atoms with Gasteiger partial charge in [-0.05, 0) is 36.4 Å². The Labute approximate surface area is 186 Å². The molecule has 0 saturated carbocycles. The first kappa shape index (κ1) is 21.0. The predicted molar refractivity (Wildman–Crippen MR) is 121 cm³/mol.